The minimum absolute atomic E-state index is 0.0263. The van der Waals surface area contributed by atoms with Crippen molar-refractivity contribution in [2.75, 3.05) is 6.54 Å². The molecule has 4 nitrogen and oxygen atoms in total. The van der Waals surface area contributed by atoms with Crippen LogP contribution in [0.2, 0.25) is 0 Å². The number of rotatable bonds is 4. The molecular weight excluding hydrogens is 324 g/mol. The predicted octanol–water partition coefficient (Wildman–Crippen LogP) is 2.91. The fraction of sp³-hybridized carbons (Fsp3) is 0.182. The van der Waals surface area contributed by atoms with Gasteiger partial charge in [-0.2, -0.15) is 0 Å². The summed E-state index contributed by atoms with van der Waals surface area (Å²) in [5, 5.41) is 5.16. The van der Waals surface area contributed by atoms with Gasteiger partial charge in [-0.1, -0.05) is 72.8 Å². The number of hydrogen-bond donors (Lipinski definition) is 1. The van der Waals surface area contributed by atoms with Gasteiger partial charge in [-0.25, -0.2) is 0 Å². The Labute approximate surface area is 152 Å². The van der Waals surface area contributed by atoms with Crippen molar-refractivity contribution >= 4 is 22.6 Å². The van der Waals surface area contributed by atoms with E-state index < -0.39 is 6.04 Å². The fourth-order valence-electron chi connectivity index (χ4n) is 3.45. The summed E-state index contributed by atoms with van der Waals surface area (Å²) in [6.07, 6.45) is 0.501. The number of carbonyl (C=O) groups excluding carboxylic acids is 2. The van der Waals surface area contributed by atoms with Gasteiger partial charge >= 0.3 is 0 Å². The van der Waals surface area contributed by atoms with Crippen LogP contribution in [0, 0.1) is 0 Å². The molecule has 1 heterocycles. The molecular formula is C22H20N2O2. The van der Waals surface area contributed by atoms with Crippen LogP contribution in [0.4, 0.5) is 0 Å². The maximum atomic E-state index is 12.9. The average molecular weight is 344 g/mol. The number of fused-ring (bicyclic) bond motifs is 1. The lowest BCUT2D eigenvalue weighted by Crippen LogP contribution is -2.58. The third-order valence-electron chi connectivity index (χ3n) is 4.75. The van der Waals surface area contributed by atoms with E-state index in [9.17, 15) is 9.59 Å². The van der Waals surface area contributed by atoms with E-state index in [2.05, 4.69) is 29.6 Å². The van der Waals surface area contributed by atoms with E-state index in [1.807, 2.05) is 48.5 Å². The molecule has 1 saturated heterocycles. The molecule has 0 aliphatic carbocycles. The molecule has 0 saturated carbocycles. The van der Waals surface area contributed by atoms with Crippen LogP contribution in [-0.4, -0.2) is 29.3 Å². The highest BCUT2D eigenvalue weighted by atomic mass is 16.2. The summed E-state index contributed by atoms with van der Waals surface area (Å²) < 4.78 is 0. The van der Waals surface area contributed by atoms with Gasteiger partial charge in [0, 0.05) is 13.0 Å². The molecule has 1 N–H and O–H groups in total. The molecule has 1 unspecified atom stereocenters. The third-order valence-corrected chi connectivity index (χ3v) is 4.75. The maximum absolute atomic E-state index is 12.9. The van der Waals surface area contributed by atoms with Crippen LogP contribution in [0.1, 0.15) is 11.1 Å². The van der Waals surface area contributed by atoms with Crippen molar-refractivity contribution in [1.82, 2.24) is 10.2 Å². The zero-order valence-corrected chi connectivity index (χ0v) is 14.4. The third kappa shape index (κ3) is 3.45. The van der Waals surface area contributed by atoms with Crippen LogP contribution in [0.3, 0.4) is 0 Å². The first-order valence-corrected chi connectivity index (χ1v) is 8.79. The van der Waals surface area contributed by atoms with Crippen LogP contribution >= 0.6 is 0 Å². The standard InChI is InChI=1S/C22H20N2O2/c25-21-15-24(14-16-6-2-1-3-7-16)22(26)20(23-21)13-17-10-11-18-8-4-5-9-19(18)12-17/h1-12,20H,13-15H2,(H,23,25). The lowest BCUT2D eigenvalue weighted by molar-refractivity contribution is -0.144. The molecule has 0 bridgehead atoms. The van der Waals surface area contributed by atoms with Gasteiger partial charge in [0.05, 0.1) is 6.54 Å². The van der Waals surface area contributed by atoms with Gasteiger partial charge in [-0.05, 0) is 21.9 Å². The van der Waals surface area contributed by atoms with E-state index in [0.29, 0.717) is 13.0 Å². The molecule has 0 spiro atoms. The average Bonchev–Trinajstić information content (AvgIpc) is 2.66. The number of piperazine rings is 1. The van der Waals surface area contributed by atoms with E-state index in [-0.39, 0.29) is 18.4 Å². The second kappa shape index (κ2) is 7.00. The Hall–Kier alpha value is -3.14. The number of nitrogens with zero attached hydrogens (tertiary/aromatic N) is 1. The van der Waals surface area contributed by atoms with Crippen LogP contribution in [0.5, 0.6) is 0 Å². The Bertz CT molecular complexity index is 953. The van der Waals surface area contributed by atoms with Gasteiger partial charge in [0.1, 0.15) is 6.04 Å². The summed E-state index contributed by atoms with van der Waals surface area (Å²) in [7, 11) is 0. The molecule has 4 rings (SSSR count). The van der Waals surface area contributed by atoms with Crippen molar-refractivity contribution in [2.45, 2.75) is 19.0 Å². The molecule has 3 aromatic carbocycles. The highest BCUT2D eigenvalue weighted by Gasteiger charge is 2.32. The van der Waals surface area contributed by atoms with E-state index in [1.165, 1.54) is 5.39 Å². The van der Waals surface area contributed by atoms with Gasteiger partial charge in [0.15, 0.2) is 0 Å². The first-order chi connectivity index (χ1) is 12.7. The summed E-state index contributed by atoms with van der Waals surface area (Å²) in [6, 6.07) is 23.6. The smallest absolute Gasteiger partial charge is 0.246 e. The lowest BCUT2D eigenvalue weighted by atomic mass is 9.99. The van der Waals surface area contributed by atoms with Crippen molar-refractivity contribution in [2.24, 2.45) is 0 Å². The number of amides is 2. The van der Waals surface area contributed by atoms with Crippen LogP contribution < -0.4 is 5.32 Å². The number of benzene rings is 3. The Morgan fingerprint density at radius 1 is 0.846 bits per heavy atom. The fourth-order valence-corrected chi connectivity index (χ4v) is 3.45. The molecule has 1 aliphatic rings. The zero-order chi connectivity index (χ0) is 17.9. The van der Waals surface area contributed by atoms with Gasteiger partial charge < -0.3 is 10.2 Å². The monoisotopic (exact) mass is 344 g/mol. The summed E-state index contributed by atoms with van der Waals surface area (Å²) >= 11 is 0. The molecule has 0 aromatic heterocycles. The second-order valence-corrected chi connectivity index (χ2v) is 6.69. The molecule has 130 valence electrons. The summed E-state index contributed by atoms with van der Waals surface area (Å²) in [5.74, 6) is -0.132. The number of hydrogen-bond acceptors (Lipinski definition) is 2. The molecule has 2 amide bonds. The van der Waals surface area contributed by atoms with E-state index in [1.54, 1.807) is 4.90 Å². The van der Waals surface area contributed by atoms with E-state index in [0.717, 1.165) is 16.5 Å². The van der Waals surface area contributed by atoms with E-state index in [4.69, 9.17) is 0 Å². The van der Waals surface area contributed by atoms with Gasteiger partial charge in [-0.15, -0.1) is 0 Å². The zero-order valence-electron chi connectivity index (χ0n) is 14.4. The minimum atomic E-state index is -0.513. The normalized spacial score (nSPS) is 17.4. The Morgan fingerprint density at radius 3 is 2.38 bits per heavy atom. The maximum Gasteiger partial charge on any atom is 0.246 e. The quantitative estimate of drug-likeness (QED) is 0.791. The highest BCUT2D eigenvalue weighted by molar-refractivity contribution is 5.95. The molecule has 3 aromatic rings. The molecule has 1 atom stereocenters. The van der Waals surface area contributed by atoms with Gasteiger partial charge in [-0.3, -0.25) is 9.59 Å². The Morgan fingerprint density at radius 2 is 1.58 bits per heavy atom. The Kier molecular flexibility index (Phi) is 4.40. The SMILES string of the molecule is O=C1CN(Cc2ccccc2)C(=O)C(Cc2ccc3ccccc3c2)N1. The summed E-state index contributed by atoms with van der Waals surface area (Å²) in [4.78, 5) is 26.6. The van der Waals surface area contributed by atoms with Crippen LogP contribution in [0.15, 0.2) is 72.8 Å². The molecule has 26 heavy (non-hydrogen) atoms. The summed E-state index contributed by atoms with van der Waals surface area (Å²) in [5.41, 5.74) is 2.07. The number of nitrogens with one attached hydrogen (secondary N) is 1. The van der Waals surface area contributed by atoms with Crippen molar-refractivity contribution in [1.29, 1.82) is 0 Å². The van der Waals surface area contributed by atoms with Crippen molar-refractivity contribution in [3.05, 3.63) is 83.9 Å². The van der Waals surface area contributed by atoms with Crippen molar-refractivity contribution in [3.8, 4) is 0 Å². The second-order valence-electron chi connectivity index (χ2n) is 6.69. The lowest BCUT2D eigenvalue weighted by Gasteiger charge is -2.32. The molecule has 1 fully saturated rings. The molecule has 0 radical (unpaired) electrons. The highest BCUT2D eigenvalue weighted by Crippen LogP contribution is 2.18. The van der Waals surface area contributed by atoms with Crippen LogP contribution in [-0.2, 0) is 22.6 Å². The minimum Gasteiger partial charge on any atom is -0.342 e. The number of carbonyl (C=O) groups is 2. The van der Waals surface area contributed by atoms with Crippen LogP contribution in [0.25, 0.3) is 10.8 Å². The molecule has 1 aliphatic heterocycles. The van der Waals surface area contributed by atoms with E-state index >= 15 is 0 Å². The Balaban J connectivity index is 1.53. The molecule has 4 heteroatoms. The summed E-state index contributed by atoms with van der Waals surface area (Å²) in [6.45, 7) is 0.573. The van der Waals surface area contributed by atoms with Crippen molar-refractivity contribution < 1.29 is 9.59 Å². The topological polar surface area (TPSA) is 49.4 Å². The largest absolute Gasteiger partial charge is 0.342 e. The van der Waals surface area contributed by atoms with Gasteiger partial charge in [0.25, 0.3) is 0 Å². The van der Waals surface area contributed by atoms with Gasteiger partial charge in [0.2, 0.25) is 11.8 Å². The first kappa shape index (κ1) is 16.3. The van der Waals surface area contributed by atoms with Crippen molar-refractivity contribution in [3.63, 3.8) is 0 Å². The predicted molar refractivity (Wildman–Crippen MR) is 101 cm³/mol. The first-order valence-electron chi connectivity index (χ1n) is 8.79.